The molecule has 0 bridgehead atoms. The number of aromatic nitrogens is 2. The maximum Gasteiger partial charge on any atom is 0.328 e. The van der Waals surface area contributed by atoms with Gasteiger partial charge in [0.25, 0.3) is 5.91 Å². The van der Waals surface area contributed by atoms with Crippen molar-refractivity contribution < 1.29 is 14.7 Å². The molecule has 0 aliphatic heterocycles. The number of hydrogen-bond donors (Lipinski definition) is 2. The minimum absolute atomic E-state index is 0.193. The molecular weight excluding hydrogens is 278 g/mol. The highest BCUT2D eigenvalue weighted by atomic mass is 32.1. The first-order valence-electron chi connectivity index (χ1n) is 5.82. The predicted molar refractivity (Wildman–Crippen MR) is 75.4 cm³/mol. The van der Waals surface area contributed by atoms with Crippen LogP contribution in [0.5, 0.6) is 0 Å². The summed E-state index contributed by atoms with van der Waals surface area (Å²) < 4.78 is 1.50. The summed E-state index contributed by atoms with van der Waals surface area (Å²) in [5, 5.41) is 15.3. The maximum atomic E-state index is 11.9. The third kappa shape index (κ3) is 3.55. The van der Waals surface area contributed by atoms with Gasteiger partial charge in [0.2, 0.25) is 0 Å². The molecule has 0 fully saturated rings. The zero-order valence-corrected chi connectivity index (χ0v) is 11.6. The van der Waals surface area contributed by atoms with E-state index >= 15 is 0 Å². The summed E-state index contributed by atoms with van der Waals surface area (Å²) in [6.45, 7) is 0.398. The van der Waals surface area contributed by atoms with Crippen molar-refractivity contribution in [3.05, 3.63) is 45.9 Å². The number of carbonyl (C=O) groups excluding carboxylic acids is 1. The second-order valence-corrected chi connectivity index (χ2v) is 5.20. The summed E-state index contributed by atoms with van der Waals surface area (Å²) in [4.78, 5) is 24.1. The van der Waals surface area contributed by atoms with E-state index in [-0.39, 0.29) is 5.91 Å². The van der Waals surface area contributed by atoms with Crippen LogP contribution >= 0.6 is 11.3 Å². The van der Waals surface area contributed by atoms with Crippen LogP contribution in [0.4, 0.5) is 0 Å². The minimum atomic E-state index is -0.982. The van der Waals surface area contributed by atoms with Crippen molar-refractivity contribution in [3.8, 4) is 0 Å². The number of amides is 1. The Labute approximate surface area is 119 Å². The Morgan fingerprint density at radius 3 is 2.90 bits per heavy atom. The van der Waals surface area contributed by atoms with Crippen LogP contribution in [0.2, 0.25) is 0 Å². The van der Waals surface area contributed by atoms with Gasteiger partial charge in [0.15, 0.2) is 0 Å². The van der Waals surface area contributed by atoms with Gasteiger partial charge in [-0.25, -0.2) is 4.79 Å². The van der Waals surface area contributed by atoms with Crippen LogP contribution in [0.15, 0.2) is 30.5 Å². The fourth-order valence-corrected chi connectivity index (χ4v) is 2.44. The zero-order valence-electron chi connectivity index (χ0n) is 10.7. The van der Waals surface area contributed by atoms with Crippen LogP contribution < -0.4 is 5.32 Å². The number of nitrogens with one attached hydrogen (secondary N) is 1. The van der Waals surface area contributed by atoms with Gasteiger partial charge in [-0.1, -0.05) is 0 Å². The van der Waals surface area contributed by atoms with Crippen molar-refractivity contribution in [3.63, 3.8) is 0 Å². The van der Waals surface area contributed by atoms with Crippen LogP contribution in [0.1, 0.15) is 20.2 Å². The van der Waals surface area contributed by atoms with E-state index in [1.807, 2.05) is 12.1 Å². The topological polar surface area (TPSA) is 84.2 Å². The number of carboxylic acids is 1. The van der Waals surface area contributed by atoms with Crippen LogP contribution in [-0.2, 0) is 18.4 Å². The molecule has 2 aromatic heterocycles. The average molecular weight is 291 g/mol. The monoisotopic (exact) mass is 291 g/mol. The van der Waals surface area contributed by atoms with Crippen LogP contribution in [0.25, 0.3) is 6.08 Å². The Balaban J connectivity index is 1.93. The highest BCUT2D eigenvalue weighted by Gasteiger charge is 2.09. The molecule has 6 nitrogen and oxygen atoms in total. The first kappa shape index (κ1) is 14.0. The number of hydrogen-bond acceptors (Lipinski definition) is 4. The summed E-state index contributed by atoms with van der Waals surface area (Å²) in [5.41, 5.74) is 0.493. The van der Waals surface area contributed by atoms with E-state index in [2.05, 4.69) is 10.4 Å². The molecule has 104 valence electrons. The number of carbonyl (C=O) groups is 2. The van der Waals surface area contributed by atoms with Gasteiger partial charge >= 0.3 is 5.97 Å². The Kier molecular flexibility index (Phi) is 4.31. The van der Waals surface area contributed by atoms with E-state index in [1.165, 1.54) is 22.1 Å². The third-order valence-electron chi connectivity index (χ3n) is 2.55. The van der Waals surface area contributed by atoms with E-state index in [0.717, 1.165) is 15.8 Å². The third-order valence-corrected chi connectivity index (χ3v) is 3.60. The average Bonchev–Trinajstić information content (AvgIpc) is 3.02. The fraction of sp³-hybridized carbons (Fsp3) is 0.154. The number of aryl methyl sites for hydroxylation is 1. The van der Waals surface area contributed by atoms with Crippen molar-refractivity contribution in [2.24, 2.45) is 7.05 Å². The molecule has 7 heteroatoms. The molecule has 2 rings (SSSR count). The van der Waals surface area contributed by atoms with Crippen molar-refractivity contribution in [2.45, 2.75) is 6.54 Å². The smallest absolute Gasteiger partial charge is 0.328 e. The number of carboxylic acid groups (broad SMARTS) is 1. The van der Waals surface area contributed by atoms with Gasteiger partial charge < -0.3 is 10.4 Å². The largest absolute Gasteiger partial charge is 0.478 e. The predicted octanol–water partition coefficient (Wildman–Crippen LogP) is 1.51. The number of nitrogens with zero attached hydrogens (tertiary/aromatic N) is 2. The maximum absolute atomic E-state index is 11.9. The van der Waals surface area contributed by atoms with Crippen molar-refractivity contribution >= 4 is 29.3 Å². The molecule has 2 N–H and O–H groups in total. The SMILES string of the molecule is Cn1nccc1C(=O)NCc1ccc(C=CC(=O)O)s1. The summed E-state index contributed by atoms with van der Waals surface area (Å²) in [6.07, 6.45) is 4.18. The Morgan fingerprint density at radius 1 is 1.45 bits per heavy atom. The van der Waals surface area contributed by atoms with Crippen molar-refractivity contribution in [1.29, 1.82) is 0 Å². The summed E-state index contributed by atoms with van der Waals surface area (Å²) >= 11 is 1.43. The Bertz CT molecular complexity index is 657. The molecule has 0 aliphatic carbocycles. The lowest BCUT2D eigenvalue weighted by molar-refractivity contribution is -0.131. The molecule has 0 aromatic carbocycles. The molecule has 20 heavy (non-hydrogen) atoms. The first-order valence-corrected chi connectivity index (χ1v) is 6.64. The van der Waals surface area contributed by atoms with Gasteiger partial charge in [0.1, 0.15) is 5.69 Å². The molecule has 0 atom stereocenters. The molecular formula is C13H13N3O3S. The molecule has 0 saturated heterocycles. The molecule has 2 heterocycles. The first-order chi connectivity index (χ1) is 9.56. The van der Waals surface area contributed by atoms with Crippen LogP contribution in [-0.4, -0.2) is 26.8 Å². The zero-order chi connectivity index (χ0) is 14.5. The van der Waals surface area contributed by atoms with Crippen molar-refractivity contribution in [2.75, 3.05) is 0 Å². The summed E-state index contributed by atoms with van der Waals surface area (Å²) in [5.74, 6) is -1.18. The van der Waals surface area contributed by atoms with Gasteiger partial charge in [0, 0.05) is 29.1 Å². The van der Waals surface area contributed by atoms with E-state index in [1.54, 1.807) is 19.3 Å². The summed E-state index contributed by atoms with van der Waals surface area (Å²) in [7, 11) is 1.70. The lowest BCUT2D eigenvalue weighted by Crippen LogP contribution is -2.24. The molecule has 0 unspecified atom stereocenters. The molecule has 0 aliphatic rings. The number of aliphatic carboxylic acids is 1. The minimum Gasteiger partial charge on any atom is -0.478 e. The quantitative estimate of drug-likeness (QED) is 0.818. The molecule has 0 spiro atoms. The molecule has 0 saturated carbocycles. The lowest BCUT2D eigenvalue weighted by atomic mass is 10.3. The van der Waals surface area contributed by atoms with Gasteiger partial charge in [0.05, 0.1) is 6.54 Å². The van der Waals surface area contributed by atoms with E-state index < -0.39 is 5.97 Å². The molecule has 0 radical (unpaired) electrons. The highest BCUT2D eigenvalue weighted by Crippen LogP contribution is 2.17. The molecule has 2 aromatic rings. The van der Waals surface area contributed by atoms with Gasteiger partial charge in [-0.3, -0.25) is 9.48 Å². The van der Waals surface area contributed by atoms with Crippen molar-refractivity contribution in [1.82, 2.24) is 15.1 Å². The second kappa shape index (κ2) is 6.16. The van der Waals surface area contributed by atoms with Gasteiger partial charge in [-0.2, -0.15) is 5.10 Å². The molecule has 1 amide bonds. The highest BCUT2D eigenvalue weighted by molar-refractivity contribution is 7.12. The number of thiophene rings is 1. The lowest BCUT2D eigenvalue weighted by Gasteiger charge is -2.03. The van der Waals surface area contributed by atoms with Gasteiger partial charge in [-0.05, 0) is 24.3 Å². The normalized spacial score (nSPS) is 10.8. The van der Waals surface area contributed by atoms with E-state index in [9.17, 15) is 9.59 Å². The second-order valence-electron chi connectivity index (χ2n) is 4.00. The summed E-state index contributed by atoms with van der Waals surface area (Å²) in [6, 6.07) is 5.32. The van der Waals surface area contributed by atoms with Gasteiger partial charge in [-0.15, -0.1) is 11.3 Å². The standard InChI is InChI=1S/C13H13N3O3S/c1-16-11(6-7-15-16)13(19)14-8-10-3-2-9(20-10)4-5-12(17)18/h2-7H,8H2,1H3,(H,14,19)(H,17,18). The van der Waals surface area contributed by atoms with E-state index in [4.69, 9.17) is 5.11 Å². The van der Waals surface area contributed by atoms with Crippen LogP contribution in [0, 0.1) is 0 Å². The Hall–Kier alpha value is -2.41. The van der Waals surface area contributed by atoms with Crippen LogP contribution in [0.3, 0.4) is 0 Å². The fourth-order valence-electron chi connectivity index (χ4n) is 1.59. The Morgan fingerprint density at radius 2 is 2.25 bits per heavy atom. The number of rotatable bonds is 5. The van der Waals surface area contributed by atoms with E-state index in [0.29, 0.717) is 12.2 Å².